The number of anilines is 1. The van der Waals surface area contributed by atoms with Crippen LogP contribution in [0, 0.1) is 6.92 Å². The van der Waals surface area contributed by atoms with Gasteiger partial charge in [0.2, 0.25) is 5.96 Å². The quantitative estimate of drug-likeness (QED) is 0.803. The van der Waals surface area contributed by atoms with E-state index in [1.807, 2.05) is 13.0 Å². The summed E-state index contributed by atoms with van der Waals surface area (Å²) in [6, 6.07) is 8.49. The average Bonchev–Trinajstić information content (AvgIpc) is 2.86. The molecule has 0 amide bonds. The lowest BCUT2D eigenvalue weighted by atomic mass is 10.1. The Kier molecular flexibility index (Phi) is 5.01. The van der Waals surface area contributed by atoms with Crippen molar-refractivity contribution in [3.05, 3.63) is 41.1 Å². The molecule has 1 aliphatic heterocycles. The predicted octanol–water partition coefficient (Wildman–Crippen LogP) is 4.74. The number of hydrogen-bond acceptors (Lipinski definition) is 5. The second kappa shape index (κ2) is 7.59. The third-order valence-corrected chi connectivity index (χ3v) is 5.48. The number of fused-ring (bicyclic) bond motifs is 1. The number of aromatic nitrogens is 2. The van der Waals surface area contributed by atoms with Crippen molar-refractivity contribution in [3.8, 4) is 11.4 Å². The van der Waals surface area contributed by atoms with Crippen molar-refractivity contribution >= 4 is 17.5 Å². The van der Waals surface area contributed by atoms with Gasteiger partial charge in [0.1, 0.15) is 5.82 Å². The molecule has 0 fully saturated rings. The topological polar surface area (TPSA) is 62.5 Å². The minimum atomic E-state index is 0.184. The zero-order valence-electron chi connectivity index (χ0n) is 16.4. The molecule has 0 bridgehead atoms. The molecule has 1 atom stereocenters. The van der Waals surface area contributed by atoms with Crippen LogP contribution in [0.1, 0.15) is 56.4 Å². The summed E-state index contributed by atoms with van der Waals surface area (Å²) in [6.07, 6.45) is 6.60. The van der Waals surface area contributed by atoms with Crippen LogP contribution in [0.3, 0.4) is 0 Å². The molecule has 5 heteroatoms. The van der Waals surface area contributed by atoms with Gasteiger partial charge in [-0.25, -0.2) is 20.0 Å². The van der Waals surface area contributed by atoms with Gasteiger partial charge in [0.15, 0.2) is 5.82 Å². The summed E-state index contributed by atoms with van der Waals surface area (Å²) in [7, 11) is 0. The highest BCUT2D eigenvalue weighted by atomic mass is 15.2. The van der Waals surface area contributed by atoms with Crippen LogP contribution in [0.25, 0.3) is 11.4 Å². The maximum absolute atomic E-state index is 4.96. The molecule has 140 valence electrons. The van der Waals surface area contributed by atoms with Crippen LogP contribution in [-0.2, 0) is 12.8 Å². The van der Waals surface area contributed by atoms with Crippen molar-refractivity contribution in [1.82, 2.24) is 9.97 Å². The van der Waals surface area contributed by atoms with E-state index in [4.69, 9.17) is 15.0 Å². The third kappa shape index (κ3) is 3.64. The van der Waals surface area contributed by atoms with Gasteiger partial charge in [-0.2, -0.15) is 0 Å². The Morgan fingerprint density at radius 2 is 1.85 bits per heavy atom. The predicted molar refractivity (Wildman–Crippen MR) is 112 cm³/mol. The molecule has 1 aromatic carbocycles. The van der Waals surface area contributed by atoms with Crippen molar-refractivity contribution in [2.45, 2.75) is 65.3 Å². The summed E-state index contributed by atoms with van der Waals surface area (Å²) < 4.78 is 0. The van der Waals surface area contributed by atoms with Crippen LogP contribution in [0.2, 0.25) is 0 Å². The van der Waals surface area contributed by atoms with Gasteiger partial charge in [-0.05, 0) is 51.5 Å². The fraction of sp³-hybridized carbons (Fsp3) is 0.455. The lowest BCUT2D eigenvalue weighted by Gasteiger charge is -2.15. The fourth-order valence-electron chi connectivity index (χ4n) is 3.88. The van der Waals surface area contributed by atoms with Gasteiger partial charge >= 0.3 is 0 Å². The summed E-state index contributed by atoms with van der Waals surface area (Å²) in [5.41, 5.74) is 5.76. The summed E-state index contributed by atoms with van der Waals surface area (Å²) in [6.45, 7) is 6.30. The van der Waals surface area contributed by atoms with Crippen LogP contribution < -0.4 is 5.32 Å². The molecule has 0 saturated heterocycles. The lowest BCUT2D eigenvalue weighted by molar-refractivity contribution is 0.709. The van der Waals surface area contributed by atoms with E-state index < -0.39 is 0 Å². The average molecular weight is 361 g/mol. The largest absolute Gasteiger partial charge is 0.309 e. The lowest BCUT2D eigenvalue weighted by Crippen LogP contribution is -2.14. The van der Waals surface area contributed by atoms with Gasteiger partial charge < -0.3 is 5.32 Å². The molecule has 1 N–H and O–H groups in total. The highest BCUT2D eigenvalue weighted by molar-refractivity contribution is 6.09. The summed E-state index contributed by atoms with van der Waals surface area (Å²) in [4.78, 5) is 19.2. The fourth-order valence-corrected chi connectivity index (χ4v) is 3.88. The number of nitrogens with zero attached hydrogens (tertiary/aromatic N) is 4. The Morgan fingerprint density at radius 3 is 2.63 bits per heavy atom. The van der Waals surface area contributed by atoms with E-state index in [0.717, 1.165) is 42.2 Å². The number of benzene rings is 1. The Labute approximate surface area is 161 Å². The minimum absolute atomic E-state index is 0.184. The van der Waals surface area contributed by atoms with Crippen molar-refractivity contribution < 1.29 is 0 Å². The van der Waals surface area contributed by atoms with Gasteiger partial charge in [-0.3, -0.25) is 0 Å². The molecular weight excluding hydrogens is 334 g/mol. The normalized spacial score (nSPS) is 19.1. The Morgan fingerprint density at radius 1 is 1.04 bits per heavy atom. The molecule has 4 rings (SSSR count). The number of aliphatic imine (C=N–C) groups is 2. The molecule has 1 aromatic heterocycles. The highest BCUT2D eigenvalue weighted by Gasteiger charge is 2.22. The van der Waals surface area contributed by atoms with E-state index >= 15 is 0 Å². The maximum Gasteiger partial charge on any atom is 0.224 e. The van der Waals surface area contributed by atoms with Gasteiger partial charge in [-0.1, -0.05) is 37.6 Å². The van der Waals surface area contributed by atoms with E-state index in [-0.39, 0.29) is 6.04 Å². The molecule has 0 spiro atoms. The first kappa shape index (κ1) is 17.8. The zero-order chi connectivity index (χ0) is 18.8. The Bertz CT molecular complexity index is 913. The van der Waals surface area contributed by atoms with Crippen molar-refractivity contribution in [2.75, 3.05) is 5.32 Å². The van der Waals surface area contributed by atoms with Gasteiger partial charge in [-0.15, -0.1) is 0 Å². The van der Waals surface area contributed by atoms with Crippen LogP contribution in [-0.4, -0.2) is 27.7 Å². The molecule has 27 heavy (non-hydrogen) atoms. The first-order valence-corrected chi connectivity index (χ1v) is 10.0. The molecule has 1 aliphatic carbocycles. The second-order valence-corrected chi connectivity index (χ2v) is 7.45. The van der Waals surface area contributed by atoms with Crippen molar-refractivity contribution in [2.24, 2.45) is 9.98 Å². The van der Waals surface area contributed by atoms with Crippen LogP contribution in [0.5, 0.6) is 0 Å². The maximum atomic E-state index is 4.96. The van der Waals surface area contributed by atoms with E-state index in [1.54, 1.807) is 0 Å². The van der Waals surface area contributed by atoms with Crippen molar-refractivity contribution in [3.63, 3.8) is 0 Å². The second-order valence-electron chi connectivity index (χ2n) is 7.45. The number of hydrogen-bond donors (Lipinski definition) is 1. The molecule has 2 heterocycles. The zero-order valence-corrected chi connectivity index (χ0v) is 16.4. The first-order valence-electron chi connectivity index (χ1n) is 10.0. The van der Waals surface area contributed by atoms with Gasteiger partial charge in [0, 0.05) is 22.5 Å². The molecule has 5 nitrogen and oxygen atoms in total. The first-order chi connectivity index (χ1) is 13.2. The van der Waals surface area contributed by atoms with Crippen LogP contribution in [0.15, 0.2) is 34.3 Å². The van der Waals surface area contributed by atoms with Crippen molar-refractivity contribution in [1.29, 1.82) is 0 Å². The van der Waals surface area contributed by atoms with Crippen LogP contribution in [0.4, 0.5) is 5.82 Å². The Hall–Kier alpha value is -2.56. The SMILES string of the molecule is CCC1N=C(Nc2nc(-c3ccccc3C)nc3c2CCCCC3)N=C1C. The molecule has 0 saturated carbocycles. The standard InChI is InChI=1S/C22H27N5/c1-4-18-15(3)23-22(25-18)27-21-17-12-6-5-7-13-19(17)24-20(26-21)16-11-9-8-10-14(16)2/h8-11,18H,4-7,12-13H2,1-3H3,(H,24,25,26,27). The summed E-state index contributed by atoms with van der Waals surface area (Å²) in [5, 5.41) is 3.43. The smallest absolute Gasteiger partial charge is 0.224 e. The minimum Gasteiger partial charge on any atom is -0.309 e. The molecule has 1 unspecified atom stereocenters. The monoisotopic (exact) mass is 361 g/mol. The number of rotatable bonds is 3. The summed E-state index contributed by atoms with van der Waals surface area (Å²) >= 11 is 0. The molecular formula is C22H27N5. The van der Waals surface area contributed by atoms with E-state index in [2.05, 4.69) is 42.4 Å². The van der Waals surface area contributed by atoms with E-state index in [9.17, 15) is 0 Å². The van der Waals surface area contributed by atoms with Gasteiger partial charge in [0.25, 0.3) is 0 Å². The van der Waals surface area contributed by atoms with E-state index in [1.165, 1.54) is 36.1 Å². The molecule has 2 aromatic rings. The number of guanidine groups is 1. The molecule has 0 radical (unpaired) electrons. The molecule has 2 aliphatic rings. The number of nitrogens with one attached hydrogen (secondary N) is 1. The van der Waals surface area contributed by atoms with Crippen LogP contribution >= 0.6 is 0 Å². The summed E-state index contributed by atoms with van der Waals surface area (Å²) in [5.74, 6) is 2.36. The Balaban J connectivity index is 1.78. The van der Waals surface area contributed by atoms with E-state index in [0.29, 0.717) is 5.96 Å². The number of aryl methyl sites for hydroxylation is 2. The highest BCUT2D eigenvalue weighted by Crippen LogP contribution is 2.29. The van der Waals surface area contributed by atoms with Gasteiger partial charge in [0.05, 0.1) is 6.04 Å². The third-order valence-electron chi connectivity index (χ3n) is 5.48.